The molecule has 0 saturated carbocycles. The quantitative estimate of drug-likeness (QED) is 0.866. The van der Waals surface area contributed by atoms with Crippen molar-refractivity contribution in [1.82, 2.24) is 4.31 Å². The number of fused-ring (bicyclic) bond motifs is 1. The number of rotatable bonds is 4. The first-order valence-corrected chi connectivity index (χ1v) is 8.37. The van der Waals surface area contributed by atoms with Crippen LogP contribution < -0.4 is 9.64 Å². The first-order chi connectivity index (χ1) is 10.3. The van der Waals surface area contributed by atoms with Gasteiger partial charge in [-0.2, -0.15) is 4.31 Å². The first-order valence-electron chi connectivity index (χ1n) is 6.93. The lowest BCUT2D eigenvalue weighted by atomic mass is 10.2. The van der Waals surface area contributed by atoms with Crippen LogP contribution in [0.2, 0.25) is 0 Å². The Morgan fingerprint density at radius 2 is 2.18 bits per heavy atom. The van der Waals surface area contributed by atoms with Crippen LogP contribution in [0.15, 0.2) is 23.1 Å². The normalized spacial score (nSPS) is 18.0. The number of ether oxygens (including phenoxy) is 1. The van der Waals surface area contributed by atoms with Crippen molar-refractivity contribution >= 4 is 21.6 Å². The zero-order valence-electron chi connectivity index (χ0n) is 12.8. The van der Waals surface area contributed by atoms with Crippen LogP contribution in [0.1, 0.15) is 13.8 Å². The Morgan fingerprint density at radius 1 is 1.50 bits per heavy atom. The molecule has 0 bridgehead atoms. The molecule has 0 aromatic heterocycles. The van der Waals surface area contributed by atoms with Crippen LogP contribution in [0.25, 0.3) is 0 Å². The molecule has 1 unspecified atom stereocenters. The second-order valence-electron chi connectivity index (χ2n) is 5.24. The lowest BCUT2D eigenvalue weighted by Gasteiger charge is -2.33. The smallest absolute Gasteiger partial charge is 0.242 e. The Balaban J connectivity index is 2.47. The molecule has 7 nitrogen and oxygen atoms in total. The molecule has 1 aliphatic rings. The molecule has 1 N–H and O–H groups in total. The number of aliphatic hydroxyl groups is 1. The first kappa shape index (κ1) is 16.7. The number of amides is 1. The summed E-state index contributed by atoms with van der Waals surface area (Å²) in [6.07, 6.45) is -0.157. The van der Waals surface area contributed by atoms with Gasteiger partial charge in [-0.15, -0.1) is 0 Å². The molecular weight excluding hydrogens is 308 g/mol. The predicted octanol–water partition coefficient (Wildman–Crippen LogP) is 0.433. The molecule has 0 aliphatic carbocycles. The summed E-state index contributed by atoms with van der Waals surface area (Å²) in [5.74, 6) is 0.312. The summed E-state index contributed by atoms with van der Waals surface area (Å²) in [5.41, 5.74) is 0.448. The van der Waals surface area contributed by atoms with Crippen LogP contribution in [-0.4, -0.2) is 56.6 Å². The highest BCUT2D eigenvalue weighted by Crippen LogP contribution is 2.36. The number of benzene rings is 1. The standard InChI is InChI=1S/C14H20N2O5S/c1-10-9-16(11(2)18)13-8-12(4-5-14(13)21-10)22(19,20)15(3)6-7-17/h4-5,8,10,17H,6-7,9H2,1-3H3. The average molecular weight is 328 g/mol. The third-order valence-corrected chi connectivity index (χ3v) is 5.35. The molecule has 1 aliphatic heterocycles. The minimum absolute atomic E-state index is 0.00335. The predicted molar refractivity (Wildman–Crippen MR) is 81.5 cm³/mol. The summed E-state index contributed by atoms with van der Waals surface area (Å²) in [4.78, 5) is 13.4. The maximum absolute atomic E-state index is 12.4. The van der Waals surface area contributed by atoms with Gasteiger partial charge in [0.25, 0.3) is 0 Å². The number of likely N-dealkylation sites (N-methyl/N-ethyl adjacent to an activating group) is 1. The number of aliphatic hydroxyl groups excluding tert-OH is 1. The molecule has 8 heteroatoms. The molecule has 22 heavy (non-hydrogen) atoms. The minimum Gasteiger partial charge on any atom is -0.487 e. The topological polar surface area (TPSA) is 87.2 Å². The highest BCUT2D eigenvalue weighted by atomic mass is 32.2. The fraction of sp³-hybridized carbons (Fsp3) is 0.500. The monoisotopic (exact) mass is 328 g/mol. The molecule has 0 spiro atoms. The van der Waals surface area contributed by atoms with Gasteiger partial charge in [-0.25, -0.2) is 8.42 Å². The van der Waals surface area contributed by atoms with Crippen LogP contribution in [0.3, 0.4) is 0 Å². The van der Waals surface area contributed by atoms with Gasteiger partial charge in [0.05, 0.1) is 23.7 Å². The van der Waals surface area contributed by atoms with E-state index in [0.29, 0.717) is 18.0 Å². The number of hydrogen-bond donors (Lipinski definition) is 1. The Bertz CT molecular complexity index is 674. The van der Waals surface area contributed by atoms with Crippen LogP contribution in [0.4, 0.5) is 5.69 Å². The van der Waals surface area contributed by atoms with Gasteiger partial charge in [0.1, 0.15) is 11.9 Å². The second-order valence-corrected chi connectivity index (χ2v) is 7.28. The second kappa shape index (κ2) is 6.23. The Labute approximate surface area is 130 Å². The summed E-state index contributed by atoms with van der Waals surface area (Å²) in [5, 5.41) is 8.90. The van der Waals surface area contributed by atoms with E-state index in [0.717, 1.165) is 4.31 Å². The number of anilines is 1. The van der Waals surface area contributed by atoms with E-state index in [-0.39, 0.29) is 30.1 Å². The molecule has 1 aromatic carbocycles. The number of carbonyl (C=O) groups is 1. The molecule has 1 amide bonds. The molecule has 2 rings (SSSR count). The van der Waals surface area contributed by atoms with E-state index in [1.54, 1.807) is 6.07 Å². The van der Waals surface area contributed by atoms with Crippen molar-refractivity contribution in [3.63, 3.8) is 0 Å². The van der Waals surface area contributed by atoms with Crippen molar-refractivity contribution in [3.8, 4) is 5.75 Å². The Morgan fingerprint density at radius 3 is 2.77 bits per heavy atom. The maximum Gasteiger partial charge on any atom is 0.242 e. The fourth-order valence-corrected chi connectivity index (χ4v) is 3.50. The molecule has 0 saturated heterocycles. The van der Waals surface area contributed by atoms with E-state index in [2.05, 4.69) is 0 Å². The molecule has 122 valence electrons. The zero-order chi connectivity index (χ0) is 16.5. The van der Waals surface area contributed by atoms with Gasteiger partial charge in [0.15, 0.2) is 0 Å². The fourth-order valence-electron chi connectivity index (χ4n) is 2.32. The Kier molecular flexibility index (Phi) is 4.74. The molecule has 1 aromatic rings. The number of sulfonamides is 1. The summed E-state index contributed by atoms with van der Waals surface area (Å²) in [6, 6.07) is 4.44. The third kappa shape index (κ3) is 3.08. The van der Waals surface area contributed by atoms with E-state index in [1.165, 1.54) is 31.0 Å². The summed E-state index contributed by atoms with van der Waals surface area (Å²) >= 11 is 0. The van der Waals surface area contributed by atoms with Crippen LogP contribution in [-0.2, 0) is 14.8 Å². The molecule has 1 heterocycles. The lowest BCUT2D eigenvalue weighted by Crippen LogP contribution is -2.41. The van der Waals surface area contributed by atoms with Crippen molar-refractivity contribution < 1.29 is 23.1 Å². The van der Waals surface area contributed by atoms with Crippen LogP contribution in [0, 0.1) is 0 Å². The van der Waals surface area contributed by atoms with Gasteiger partial charge in [-0.05, 0) is 25.1 Å². The molecule has 0 fully saturated rings. The van der Waals surface area contributed by atoms with Gasteiger partial charge in [0, 0.05) is 20.5 Å². The summed E-state index contributed by atoms with van der Waals surface area (Å²) in [7, 11) is -2.32. The summed E-state index contributed by atoms with van der Waals surface area (Å²) < 4.78 is 31.6. The van der Waals surface area contributed by atoms with Gasteiger partial charge in [-0.1, -0.05) is 0 Å². The van der Waals surface area contributed by atoms with E-state index in [1.807, 2.05) is 6.92 Å². The van der Waals surface area contributed by atoms with Crippen molar-refractivity contribution in [3.05, 3.63) is 18.2 Å². The van der Waals surface area contributed by atoms with Crippen LogP contribution >= 0.6 is 0 Å². The van der Waals surface area contributed by atoms with Crippen molar-refractivity contribution in [2.45, 2.75) is 24.8 Å². The molecule has 0 radical (unpaired) electrons. The van der Waals surface area contributed by atoms with Crippen molar-refractivity contribution in [2.75, 3.05) is 31.6 Å². The zero-order valence-corrected chi connectivity index (χ0v) is 13.6. The van der Waals surface area contributed by atoms with Gasteiger partial charge in [-0.3, -0.25) is 4.79 Å². The third-order valence-electron chi connectivity index (χ3n) is 3.49. The highest BCUT2D eigenvalue weighted by molar-refractivity contribution is 7.89. The average Bonchev–Trinajstić information content (AvgIpc) is 2.45. The number of hydrogen-bond acceptors (Lipinski definition) is 5. The lowest BCUT2D eigenvalue weighted by molar-refractivity contribution is -0.117. The molecule has 1 atom stereocenters. The SMILES string of the molecule is CC(=O)N1CC(C)Oc2ccc(S(=O)(=O)N(C)CCO)cc21. The van der Waals surface area contributed by atoms with E-state index in [4.69, 9.17) is 9.84 Å². The van der Waals surface area contributed by atoms with E-state index < -0.39 is 10.0 Å². The van der Waals surface area contributed by atoms with E-state index in [9.17, 15) is 13.2 Å². The maximum atomic E-state index is 12.4. The van der Waals surface area contributed by atoms with Crippen LogP contribution in [0.5, 0.6) is 5.75 Å². The van der Waals surface area contributed by atoms with Gasteiger partial charge < -0.3 is 14.7 Å². The number of carbonyl (C=O) groups excluding carboxylic acids is 1. The van der Waals surface area contributed by atoms with Crippen molar-refractivity contribution in [1.29, 1.82) is 0 Å². The minimum atomic E-state index is -3.72. The highest BCUT2D eigenvalue weighted by Gasteiger charge is 2.29. The van der Waals surface area contributed by atoms with Gasteiger partial charge >= 0.3 is 0 Å². The summed E-state index contributed by atoms with van der Waals surface area (Å²) in [6.45, 7) is 3.39. The van der Waals surface area contributed by atoms with Gasteiger partial charge in [0.2, 0.25) is 15.9 Å². The van der Waals surface area contributed by atoms with E-state index >= 15 is 0 Å². The number of nitrogens with zero attached hydrogens (tertiary/aromatic N) is 2. The Hall–Kier alpha value is -1.64. The molecular formula is C14H20N2O5S. The largest absolute Gasteiger partial charge is 0.487 e. The van der Waals surface area contributed by atoms with Crippen molar-refractivity contribution in [2.24, 2.45) is 0 Å².